The number of rotatable bonds is 11. The summed E-state index contributed by atoms with van der Waals surface area (Å²) in [5, 5.41) is 24.3. The molecular formula is C26H33N3O4S2. The smallest absolute Gasteiger partial charge is 0.309 e. The number of carbonyl (C=O) groups is 1. The Bertz CT molecular complexity index is 1130. The molecule has 1 unspecified atom stereocenters. The van der Waals surface area contributed by atoms with Gasteiger partial charge in [0.15, 0.2) is 0 Å². The van der Waals surface area contributed by atoms with Crippen molar-refractivity contribution in [1.82, 2.24) is 9.88 Å². The van der Waals surface area contributed by atoms with Crippen molar-refractivity contribution in [2.45, 2.75) is 42.5 Å². The highest BCUT2D eigenvalue weighted by molar-refractivity contribution is 8.01. The maximum Gasteiger partial charge on any atom is 0.309 e. The van der Waals surface area contributed by atoms with E-state index in [1.165, 1.54) is 4.21 Å². The van der Waals surface area contributed by atoms with Gasteiger partial charge in [0.25, 0.3) is 0 Å². The number of carboxylic acid groups (broad SMARTS) is 1. The van der Waals surface area contributed by atoms with Crippen LogP contribution in [0.25, 0.3) is 10.9 Å². The van der Waals surface area contributed by atoms with E-state index in [4.69, 9.17) is 10.5 Å². The third-order valence-electron chi connectivity index (χ3n) is 7.06. The van der Waals surface area contributed by atoms with E-state index in [1.54, 1.807) is 24.6 Å². The SMILES string of the molecule is COc1ccc2ncc(CN)c(C(O)CCC3(C(=O)O)CCN(CCSc4cccs4)CC3)c2c1. The van der Waals surface area contributed by atoms with Gasteiger partial charge in [0.05, 0.1) is 28.4 Å². The van der Waals surface area contributed by atoms with Gasteiger partial charge in [-0.3, -0.25) is 9.78 Å². The summed E-state index contributed by atoms with van der Waals surface area (Å²) in [4.78, 5) is 19.2. The topological polar surface area (TPSA) is 109 Å². The molecule has 3 heterocycles. The average Bonchev–Trinajstić information content (AvgIpc) is 3.40. The van der Waals surface area contributed by atoms with E-state index in [1.807, 2.05) is 30.0 Å². The van der Waals surface area contributed by atoms with E-state index in [0.717, 1.165) is 47.4 Å². The first-order valence-corrected chi connectivity index (χ1v) is 13.8. The van der Waals surface area contributed by atoms with E-state index in [-0.39, 0.29) is 6.54 Å². The number of likely N-dealkylation sites (tertiary alicyclic amines) is 1. The third-order valence-corrected chi connectivity index (χ3v) is 9.17. The number of nitrogens with two attached hydrogens (primary N) is 1. The monoisotopic (exact) mass is 515 g/mol. The molecule has 1 fully saturated rings. The maximum absolute atomic E-state index is 12.4. The van der Waals surface area contributed by atoms with Crippen molar-refractivity contribution in [2.24, 2.45) is 11.1 Å². The molecule has 4 N–H and O–H groups in total. The predicted molar refractivity (Wildman–Crippen MR) is 141 cm³/mol. The largest absolute Gasteiger partial charge is 0.497 e. The van der Waals surface area contributed by atoms with Gasteiger partial charge in [0.1, 0.15) is 5.75 Å². The van der Waals surface area contributed by atoms with Crippen LogP contribution in [0, 0.1) is 5.41 Å². The van der Waals surface area contributed by atoms with Crippen molar-refractivity contribution < 1.29 is 19.7 Å². The highest BCUT2D eigenvalue weighted by atomic mass is 32.2. The summed E-state index contributed by atoms with van der Waals surface area (Å²) in [6.45, 7) is 2.72. The Kier molecular flexibility index (Phi) is 8.67. The van der Waals surface area contributed by atoms with Crippen LogP contribution in [0.4, 0.5) is 0 Å². The molecule has 188 valence electrons. The Labute approximate surface area is 214 Å². The molecule has 0 bridgehead atoms. The number of carboxylic acids is 1. The van der Waals surface area contributed by atoms with Crippen LogP contribution < -0.4 is 10.5 Å². The number of pyridine rings is 1. The third kappa shape index (κ3) is 5.98. The van der Waals surface area contributed by atoms with Crippen molar-refractivity contribution in [3.8, 4) is 5.75 Å². The lowest BCUT2D eigenvalue weighted by Gasteiger charge is -2.39. The van der Waals surface area contributed by atoms with Gasteiger partial charge < -0.3 is 25.6 Å². The number of aliphatic carboxylic acids is 1. The summed E-state index contributed by atoms with van der Waals surface area (Å²) < 4.78 is 6.68. The molecule has 1 saturated heterocycles. The van der Waals surface area contributed by atoms with Crippen LogP contribution in [-0.4, -0.2) is 58.6 Å². The highest BCUT2D eigenvalue weighted by Gasteiger charge is 2.41. The van der Waals surface area contributed by atoms with Crippen LogP contribution in [0.1, 0.15) is 42.9 Å². The summed E-state index contributed by atoms with van der Waals surface area (Å²) in [7, 11) is 1.60. The van der Waals surface area contributed by atoms with E-state index in [0.29, 0.717) is 31.4 Å². The number of piperidine rings is 1. The average molecular weight is 516 g/mol. The van der Waals surface area contributed by atoms with Gasteiger partial charge >= 0.3 is 5.97 Å². The summed E-state index contributed by atoms with van der Waals surface area (Å²) in [5.41, 5.74) is 7.38. The minimum atomic E-state index is -0.831. The van der Waals surface area contributed by atoms with Crippen LogP contribution in [0.2, 0.25) is 0 Å². The molecule has 0 spiro atoms. The fraction of sp³-hybridized carbons (Fsp3) is 0.462. The number of fused-ring (bicyclic) bond motifs is 1. The van der Waals surface area contributed by atoms with Crippen molar-refractivity contribution in [3.63, 3.8) is 0 Å². The molecule has 1 aliphatic rings. The number of nitrogens with zero attached hydrogens (tertiary/aromatic N) is 2. The summed E-state index contributed by atoms with van der Waals surface area (Å²) in [6, 6.07) is 9.74. The quantitative estimate of drug-likeness (QED) is 0.320. The van der Waals surface area contributed by atoms with Crippen LogP contribution in [0.15, 0.2) is 46.1 Å². The molecule has 2 aromatic heterocycles. The fourth-order valence-corrected chi connectivity index (χ4v) is 6.73. The molecule has 3 aromatic rings. The molecule has 1 aromatic carbocycles. The van der Waals surface area contributed by atoms with Gasteiger partial charge in [-0.25, -0.2) is 0 Å². The molecule has 0 amide bonds. The first-order valence-electron chi connectivity index (χ1n) is 11.9. The molecule has 1 aliphatic heterocycles. The lowest BCUT2D eigenvalue weighted by Crippen LogP contribution is -2.45. The van der Waals surface area contributed by atoms with Crippen molar-refractivity contribution in [3.05, 3.63) is 53.0 Å². The van der Waals surface area contributed by atoms with Crippen LogP contribution >= 0.6 is 23.1 Å². The Balaban J connectivity index is 1.42. The Hall–Kier alpha value is -2.17. The number of thiophene rings is 1. The van der Waals surface area contributed by atoms with Crippen LogP contribution in [-0.2, 0) is 11.3 Å². The van der Waals surface area contributed by atoms with Crippen LogP contribution in [0.5, 0.6) is 5.75 Å². The predicted octanol–water partition coefficient (Wildman–Crippen LogP) is 4.54. The van der Waals surface area contributed by atoms with Gasteiger partial charge in [-0.1, -0.05) is 6.07 Å². The molecule has 7 nitrogen and oxygen atoms in total. The number of benzene rings is 1. The number of hydrogen-bond donors (Lipinski definition) is 3. The van der Waals surface area contributed by atoms with Gasteiger partial charge in [0.2, 0.25) is 0 Å². The van der Waals surface area contributed by atoms with E-state index < -0.39 is 17.5 Å². The maximum atomic E-state index is 12.4. The van der Waals surface area contributed by atoms with E-state index in [9.17, 15) is 15.0 Å². The molecular weight excluding hydrogens is 482 g/mol. The number of hydrogen-bond acceptors (Lipinski definition) is 8. The van der Waals surface area contributed by atoms with Crippen molar-refractivity contribution in [2.75, 3.05) is 32.5 Å². The van der Waals surface area contributed by atoms with Crippen molar-refractivity contribution >= 4 is 40.0 Å². The van der Waals surface area contributed by atoms with Gasteiger partial charge in [-0.2, -0.15) is 0 Å². The molecule has 9 heteroatoms. The minimum absolute atomic E-state index is 0.245. The van der Waals surface area contributed by atoms with Gasteiger partial charge in [-0.15, -0.1) is 23.1 Å². The molecule has 0 aliphatic carbocycles. The molecule has 0 saturated carbocycles. The number of thioether (sulfide) groups is 1. The molecule has 1 atom stereocenters. The number of aliphatic hydroxyl groups excluding tert-OH is 1. The normalized spacial score (nSPS) is 16.9. The van der Waals surface area contributed by atoms with E-state index >= 15 is 0 Å². The van der Waals surface area contributed by atoms with Crippen LogP contribution in [0.3, 0.4) is 0 Å². The lowest BCUT2D eigenvalue weighted by atomic mass is 9.74. The zero-order valence-corrected chi connectivity index (χ0v) is 21.6. The molecule has 0 radical (unpaired) electrons. The second-order valence-corrected chi connectivity index (χ2v) is 11.4. The number of aromatic nitrogens is 1. The summed E-state index contributed by atoms with van der Waals surface area (Å²) in [5.74, 6) is 0.908. The van der Waals surface area contributed by atoms with Gasteiger partial charge in [0, 0.05) is 30.4 Å². The number of ether oxygens (including phenoxy) is 1. The second kappa shape index (κ2) is 11.7. The standard InChI is InChI=1S/C26H33N3O4S2/c1-33-19-4-5-21-20(15-19)24(18(16-27)17-28-21)22(30)6-7-26(25(31)32)8-10-29(11-9-26)12-14-35-23-3-2-13-34-23/h2-5,13,15,17,22,30H,6-12,14,16,27H2,1H3,(H,31,32). The zero-order valence-electron chi connectivity index (χ0n) is 20.0. The van der Waals surface area contributed by atoms with Crippen molar-refractivity contribution in [1.29, 1.82) is 0 Å². The first-order chi connectivity index (χ1) is 17.0. The molecule has 35 heavy (non-hydrogen) atoms. The summed E-state index contributed by atoms with van der Waals surface area (Å²) >= 11 is 3.60. The first kappa shape index (κ1) is 25.9. The Morgan fingerprint density at radius 2 is 2.14 bits per heavy atom. The van der Waals surface area contributed by atoms with Gasteiger partial charge in [-0.05, 0) is 79.5 Å². The summed E-state index contributed by atoms with van der Waals surface area (Å²) in [6.07, 6.45) is 2.82. The second-order valence-electron chi connectivity index (χ2n) is 9.05. The lowest BCUT2D eigenvalue weighted by molar-refractivity contribution is -0.153. The Morgan fingerprint density at radius 3 is 2.80 bits per heavy atom. The Morgan fingerprint density at radius 1 is 1.34 bits per heavy atom. The zero-order chi connectivity index (χ0) is 24.8. The minimum Gasteiger partial charge on any atom is -0.497 e. The molecule has 4 rings (SSSR count). The number of methoxy groups -OCH3 is 1. The highest BCUT2D eigenvalue weighted by Crippen LogP contribution is 2.40. The van der Waals surface area contributed by atoms with E-state index in [2.05, 4.69) is 27.4 Å². The number of aliphatic hydroxyl groups is 1. The fourth-order valence-electron chi connectivity index (χ4n) is 4.87.